The summed E-state index contributed by atoms with van der Waals surface area (Å²) in [6.45, 7) is 3.43. The van der Waals surface area contributed by atoms with E-state index in [2.05, 4.69) is 41.3 Å². The summed E-state index contributed by atoms with van der Waals surface area (Å²) in [5.74, 6) is 1.27. The van der Waals surface area contributed by atoms with Crippen molar-refractivity contribution < 1.29 is 5.11 Å². The first-order valence-corrected chi connectivity index (χ1v) is 8.84. The molecule has 1 aliphatic rings. The largest absolute Gasteiger partial charge is 0.508 e. The van der Waals surface area contributed by atoms with E-state index in [1.54, 1.807) is 6.07 Å². The molecular formula is C21H28ClNO. The topological polar surface area (TPSA) is 23.5 Å². The average molecular weight is 346 g/mol. The van der Waals surface area contributed by atoms with E-state index in [0.29, 0.717) is 5.75 Å². The highest BCUT2D eigenvalue weighted by atomic mass is 35.5. The van der Waals surface area contributed by atoms with Crippen LogP contribution in [0, 0.1) is 5.92 Å². The Bertz CT molecular complexity index is 598. The number of hydrogen-bond donors (Lipinski definition) is 1. The molecule has 2 aromatic rings. The van der Waals surface area contributed by atoms with Crippen LogP contribution in [0.5, 0.6) is 5.75 Å². The van der Waals surface area contributed by atoms with Crippen molar-refractivity contribution in [3.05, 3.63) is 65.7 Å². The number of phenolic OH excluding ortho intramolecular Hbond substituents is 1. The molecule has 0 atom stereocenters. The molecule has 1 fully saturated rings. The molecule has 3 heteroatoms. The van der Waals surface area contributed by atoms with Crippen LogP contribution in [-0.2, 0) is 12.8 Å². The standard InChI is InChI=1S/C21H27NO.ClH/c23-21-11-5-8-19(16-21)13-15-22(17-20-9-4-10-20)14-12-18-6-2-1-3-7-18;/h1-3,5-8,11,16,20,23H,4,9-10,12-15,17H2;1H. The van der Waals surface area contributed by atoms with E-state index in [9.17, 15) is 5.11 Å². The first kappa shape index (κ1) is 18.8. The van der Waals surface area contributed by atoms with Crippen LogP contribution in [0.1, 0.15) is 30.4 Å². The summed E-state index contributed by atoms with van der Waals surface area (Å²) >= 11 is 0. The zero-order valence-electron chi connectivity index (χ0n) is 14.2. The molecule has 2 aromatic carbocycles. The van der Waals surface area contributed by atoms with Crippen molar-refractivity contribution in [3.63, 3.8) is 0 Å². The smallest absolute Gasteiger partial charge is 0.115 e. The average Bonchev–Trinajstić information content (AvgIpc) is 2.53. The van der Waals surface area contributed by atoms with Gasteiger partial charge >= 0.3 is 0 Å². The van der Waals surface area contributed by atoms with Crippen molar-refractivity contribution in [1.29, 1.82) is 0 Å². The Morgan fingerprint density at radius 3 is 2.17 bits per heavy atom. The number of rotatable bonds is 8. The highest BCUT2D eigenvalue weighted by Gasteiger charge is 2.20. The summed E-state index contributed by atoms with van der Waals surface area (Å²) in [4.78, 5) is 2.61. The maximum atomic E-state index is 9.61. The Balaban J connectivity index is 0.00000208. The molecule has 0 bridgehead atoms. The maximum absolute atomic E-state index is 9.61. The van der Waals surface area contributed by atoms with Crippen molar-refractivity contribution >= 4 is 12.4 Å². The van der Waals surface area contributed by atoms with Crippen molar-refractivity contribution in [2.75, 3.05) is 19.6 Å². The zero-order valence-corrected chi connectivity index (χ0v) is 15.0. The lowest BCUT2D eigenvalue weighted by atomic mass is 9.85. The number of phenols is 1. The van der Waals surface area contributed by atoms with E-state index in [-0.39, 0.29) is 12.4 Å². The second-order valence-electron chi connectivity index (χ2n) is 6.75. The van der Waals surface area contributed by atoms with Crippen LogP contribution in [0.15, 0.2) is 54.6 Å². The first-order chi connectivity index (χ1) is 11.3. The summed E-state index contributed by atoms with van der Waals surface area (Å²) in [6, 6.07) is 18.4. The monoisotopic (exact) mass is 345 g/mol. The summed E-state index contributed by atoms with van der Waals surface area (Å²) in [6.07, 6.45) is 6.33. The Morgan fingerprint density at radius 2 is 1.54 bits per heavy atom. The Labute approximate surface area is 151 Å². The minimum Gasteiger partial charge on any atom is -0.508 e. The van der Waals surface area contributed by atoms with Gasteiger partial charge in [0.2, 0.25) is 0 Å². The lowest BCUT2D eigenvalue weighted by molar-refractivity contribution is 0.180. The van der Waals surface area contributed by atoms with Crippen molar-refractivity contribution in [1.82, 2.24) is 4.90 Å². The molecule has 1 aliphatic carbocycles. The van der Waals surface area contributed by atoms with Gasteiger partial charge in [-0.1, -0.05) is 48.9 Å². The summed E-state index contributed by atoms with van der Waals surface area (Å²) in [5.41, 5.74) is 2.65. The van der Waals surface area contributed by atoms with E-state index < -0.39 is 0 Å². The van der Waals surface area contributed by atoms with E-state index in [1.165, 1.54) is 36.9 Å². The van der Waals surface area contributed by atoms with Gasteiger partial charge < -0.3 is 10.0 Å². The van der Waals surface area contributed by atoms with Crippen LogP contribution in [0.3, 0.4) is 0 Å². The van der Waals surface area contributed by atoms with Gasteiger partial charge in [0.1, 0.15) is 5.75 Å². The van der Waals surface area contributed by atoms with Gasteiger partial charge in [-0.15, -0.1) is 12.4 Å². The highest BCUT2D eigenvalue weighted by molar-refractivity contribution is 5.85. The molecule has 0 spiro atoms. The molecule has 0 radical (unpaired) electrons. The molecule has 0 aromatic heterocycles. The third-order valence-corrected chi connectivity index (χ3v) is 4.93. The lowest BCUT2D eigenvalue weighted by Crippen LogP contribution is -2.35. The highest BCUT2D eigenvalue weighted by Crippen LogP contribution is 2.27. The minimum absolute atomic E-state index is 0. The fourth-order valence-electron chi connectivity index (χ4n) is 3.27. The number of benzene rings is 2. The molecule has 3 rings (SSSR count). The zero-order chi connectivity index (χ0) is 15.9. The van der Waals surface area contributed by atoms with Crippen molar-refractivity contribution in [2.24, 2.45) is 5.92 Å². The molecule has 0 saturated heterocycles. The summed E-state index contributed by atoms with van der Waals surface area (Å²) in [7, 11) is 0. The number of halogens is 1. The second-order valence-corrected chi connectivity index (χ2v) is 6.75. The molecule has 130 valence electrons. The van der Waals surface area contributed by atoms with Crippen LogP contribution in [-0.4, -0.2) is 29.6 Å². The van der Waals surface area contributed by atoms with E-state index in [4.69, 9.17) is 0 Å². The third kappa shape index (κ3) is 5.85. The minimum atomic E-state index is 0. The molecule has 0 unspecified atom stereocenters. The Hall–Kier alpha value is -1.51. The van der Waals surface area contributed by atoms with Gasteiger partial charge in [0, 0.05) is 19.6 Å². The second kappa shape index (κ2) is 9.71. The molecular weight excluding hydrogens is 318 g/mol. The molecule has 1 N–H and O–H groups in total. The molecule has 24 heavy (non-hydrogen) atoms. The summed E-state index contributed by atoms with van der Waals surface area (Å²) in [5, 5.41) is 9.61. The van der Waals surface area contributed by atoms with Crippen molar-refractivity contribution in [3.8, 4) is 5.75 Å². The summed E-state index contributed by atoms with van der Waals surface area (Å²) < 4.78 is 0. The predicted octanol–water partition coefficient (Wildman–Crippen LogP) is 4.70. The molecule has 0 heterocycles. The molecule has 1 saturated carbocycles. The number of aromatic hydroxyl groups is 1. The quantitative estimate of drug-likeness (QED) is 0.749. The van der Waals surface area contributed by atoms with Gasteiger partial charge in [0.15, 0.2) is 0 Å². The normalized spacial score (nSPS) is 14.2. The number of nitrogens with zero attached hydrogens (tertiary/aromatic N) is 1. The lowest BCUT2D eigenvalue weighted by Gasteiger charge is -2.32. The van der Waals surface area contributed by atoms with Crippen LogP contribution in [0.4, 0.5) is 0 Å². The Kier molecular flexibility index (Phi) is 7.61. The van der Waals surface area contributed by atoms with Crippen LogP contribution in [0.25, 0.3) is 0 Å². The predicted molar refractivity (Wildman–Crippen MR) is 103 cm³/mol. The van der Waals surface area contributed by atoms with Crippen LogP contribution in [0.2, 0.25) is 0 Å². The van der Waals surface area contributed by atoms with Crippen LogP contribution < -0.4 is 0 Å². The van der Waals surface area contributed by atoms with Crippen molar-refractivity contribution in [2.45, 2.75) is 32.1 Å². The van der Waals surface area contributed by atoms with Gasteiger partial charge in [0.25, 0.3) is 0 Å². The maximum Gasteiger partial charge on any atom is 0.115 e. The Morgan fingerprint density at radius 1 is 0.875 bits per heavy atom. The van der Waals surface area contributed by atoms with E-state index in [1.807, 2.05) is 12.1 Å². The first-order valence-electron chi connectivity index (χ1n) is 8.84. The van der Waals surface area contributed by atoms with E-state index in [0.717, 1.165) is 31.8 Å². The van der Waals surface area contributed by atoms with Crippen LogP contribution >= 0.6 is 12.4 Å². The number of hydrogen-bond acceptors (Lipinski definition) is 2. The molecule has 0 aliphatic heterocycles. The third-order valence-electron chi connectivity index (χ3n) is 4.93. The fourth-order valence-corrected chi connectivity index (χ4v) is 3.27. The van der Waals surface area contributed by atoms with Gasteiger partial charge in [0.05, 0.1) is 0 Å². The van der Waals surface area contributed by atoms with Gasteiger partial charge in [-0.25, -0.2) is 0 Å². The molecule has 2 nitrogen and oxygen atoms in total. The van der Waals surface area contributed by atoms with Gasteiger partial charge in [-0.3, -0.25) is 0 Å². The van der Waals surface area contributed by atoms with Gasteiger partial charge in [-0.2, -0.15) is 0 Å². The van der Waals surface area contributed by atoms with Gasteiger partial charge in [-0.05, 0) is 54.9 Å². The SMILES string of the molecule is Cl.Oc1cccc(CCN(CCc2ccccc2)CC2CCC2)c1. The molecule has 0 amide bonds. The van der Waals surface area contributed by atoms with E-state index >= 15 is 0 Å². The fraction of sp³-hybridized carbons (Fsp3) is 0.429.